The van der Waals surface area contributed by atoms with Crippen molar-refractivity contribution < 1.29 is 14.7 Å². The number of hydrogen-bond donors (Lipinski definition) is 2. The van der Waals surface area contributed by atoms with E-state index in [0.29, 0.717) is 6.42 Å². The van der Waals surface area contributed by atoms with E-state index in [1.165, 1.54) is 19.8 Å². The molecule has 2 N–H and O–H groups in total. The Labute approximate surface area is 108 Å². The first-order valence-corrected chi connectivity index (χ1v) is 7.16. The average molecular weight is 261 g/mol. The minimum atomic E-state index is -0.956. The first-order valence-electron chi connectivity index (χ1n) is 6.01. The standard InChI is InChI=1S/C12H23NO3S/c1-9(2)5-4-7-17-8-6-11(12(15)16)13-10(3)14/h9,11H,4-8H2,1-3H3,(H,13,14)(H,15,16). The molecule has 0 heterocycles. The molecular weight excluding hydrogens is 238 g/mol. The topological polar surface area (TPSA) is 66.4 Å². The highest BCUT2D eigenvalue weighted by atomic mass is 32.2. The van der Waals surface area contributed by atoms with Gasteiger partial charge in [0.1, 0.15) is 6.04 Å². The fourth-order valence-corrected chi connectivity index (χ4v) is 2.38. The van der Waals surface area contributed by atoms with Crippen molar-refractivity contribution >= 4 is 23.6 Å². The largest absolute Gasteiger partial charge is 0.480 e. The number of aliphatic carboxylic acids is 1. The maximum atomic E-state index is 10.8. The summed E-state index contributed by atoms with van der Waals surface area (Å²) in [5.74, 6) is 1.31. The van der Waals surface area contributed by atoms with Gasteiger partial charge in [0.2, 0.25) is 5.91 Å². The number of carbonyl (C=O) groups excluding carboxylic acids is 1. The molecule has 1 atom stereocenters. The second-order valence-corrected chi connectivity index (χ2v) is 5.75. The predicted octanol–water partition coefficient (Wildman–Crippen LogP) is 2.14. The minimum Gasteiger partial charge on any atom is -0.480 e. The van der Waals surface area contributed by atoms with Crippen molar-refractivity contribution in [2.45, 2.75) is 46.1 Å². The van der Waals surface area contributed by atoms with Gasteiger partial charge in [0.25, 0.3) is 0 Å². The molecule has 5 heteroatoms. The van der Waals surface area contributed by atoms with Gasteiger partial charge in [0, 0.05) is 6.92 Å². The van der Waals surface area contributed by atoms with E-state index in [-0.39, 0.29) is 5.91 Å². The molecule has 0 saturated carbocycles. The summed E-state index contributed by atoms with van der Waals surface area (Å²) >= 11 is 1.75. The molecule has 0 aromatic rings. The van der Waals surface area contributed by atoms with Crippen LogP contribution < -0.4 is 5.32 Å². The molecular formula is C12H23NO3S. The third-order valence-electron chi connectivity index (χ3n) is 2.30. The Balaban J connectivity index is 3.61. The first-order chi connectivity index (χ1) is 7.93. The Bertz CT molecular complexity index is 244. The van der Waals surface area contributed by atoms with Crippen LogP contribution in [0.15, 0.2) is 0 Å². The Morgan fingerprint density at radius 1 is 1.24 bits per heavy atom. The molecule has 17 heavy (non-hydrogen) atoms. The van der Waals surface area contributed by atoms with Crippen molar-refractivity contribution in [3.8, 4) is 0 Å². The van der Waals surface area contributed by atoms with Crippen LogP contribution in [-0.4, -0.2) is 34.5 Å². The molecule has 1 amide bonds. The van der Waals surface area contributed by atoms with Gasteiger partial charge in [-0.05, 0) is 30.3 Å². The highest BCUT2D eigenvalue weighted by molar-refractivity contribution is 7.99. The molecule has 100 valence electrons. The fourth-order valence-electron chi connectivity index (χ4n) is 1.40. The van der Waals surface area contributed by atoms with Crippen LogP contribution >= 0.6 is 11.8 Å². The van der Waals surface area contributed by atoms with Crippen LogP contribution in [0, 0.1) is 5.92 Å². The Kier molecular flexibility index (Phi) is 8.94. The first kappa shape index (κ1) is 16.3. The Morgan fingerprint density at radius 3 is 2.35 bits per heavy atom. The van der Waals surface area contributed by atoms with Gasteiger partial charge >= 0.3 is 5.97 Å². The van der Waals surface area contributed by atoms with Crippen molar-refractivity contribution in [1.29, 1.82) is 0 Å². The van der Waals surface area contributed by atoms with E-state index in [1.54, 1.807) is 11.8 Å². The quantitative estimate of drug-likeness (QED) is 0.624. The summed E-state index contributed by atoms with van der Waals surface area (Å²) in [5, 5.41) is 11.3. The van der Waals surface area contributed by atoms with Crippen molar-refractivity contribution in [1.82, 2.24) is 5.32 Å². The summed E-state index contributed by atoms with van der Waals surface area (Å²) in [6.07, 6.45) is 2.86. The summed E-state index contributed by atoms with van der Waals surface area (Å²) in [4.78, 5) is 21.6. The van der Waals surface area contributed by atoms with E-state index < -0.39 is 12.0 Å². The second kappa shape index (κ2) is 9.33. The highest BCUT2D eigenvalue weighted by Crippen LogP contribution is 2.11. The zero-order valence-corrected chi connectivity index (χ0v) is 11.7. The van der Waals surface area contributed by atoms with Gasteiger partial charge in [-0.1, -0.05) is 20.3 Å². The molecule has 0 bridgehead atoms. The van der Waals surface area contributed by atoms with Crippen LogP contribution in [0.4, 0.5) is 0 Å². The SMILES string of the molecule is CC(=O)NC(CCSCCCC(C)C)C(=O)O. The number of carboxylic acid groups (broad SMARTS) is 1. The van der Waals surface area contributed by atoms with E-state index in [4.69, 9.17) is 5.11 Å². The molecule has 0 spiro atoms. The number of carbonyl (C=O) groups is 2. The smallest absolute Gasteiger partial charge is 0.326 e. The lowest BCUT2D eigenvalue weighted by Crippen LogP contribution is -2.39. The number of amides is 1. The van der Waals surface area contributed by atoms with Crippen molar-refractivity contribution in [3.05, 3.63) is 0 Å². The highest BCUT2D eigenvalue weighted by Gasteiger charge is 2.17. The molecule has 0 aliphatic heterocycles. The van der Waals surface area contributed by atoms with E-state index in [9.17, 15) is 9.59 Å². The Morgan fingerprint density at radius 2 is 1.88 bits per heavy atom. The third kappa shape index (κ3) is 10.2. The molecule has 4 nitrogen and oxygen atoms in total. The zero-order valence-electron chi connectivity index (χ0n) is 10.9. The summed E-state index contributed by atoms with van der Waals surface area (Å²) in [5.41, 5.74) is 0. The maximum absolute atomic E-state index is 10.8. The molecule has 0 fully saturated rings. The van der Waals surface area contributed by atoms with Gasteiger partial charge in [-0.15, -0.1) is 0 Å². The lowest BCUT2D eigenvalue weighted by atomic mass is 10.1. The van der Waals surface area contributed by atoms with Crippen LogP contribution in [0.2, 0.25) is 0 Å². The average Bonchev–Trinajstić information content (AvgIpc) is 2.20. The third-order valence-corrected chi connectivity index (χ3v) is 3.40. The monoisotopic (exact) mass is 261 g/mol. The zero-order chi connectivity index (χ0) is 13.3. The molecule has 0 saturated heterocycles. The van der Waals surface area contributed by atoms with E-state index >= 15 is 0 Å². The van der Waals surface area contributed by atoms with Gasteiger partial charge in [0.05, 0.1) is 0 Å². The van der Waals surface area contributed by atoms with Gasteiger partial charge in [0.15, 0.2) is 0 Å². The number of carboxylic acids is 1. The molecule has 0 aromatic carbocycles. The summed E-state index contributed by atoms with van der Waals surface area (Å²) in [7, 11) is 0. The molecule has 0 aliphatic carbocycles. The van der Waals surface area contributed by atoms with Gasteiger partial charge in [-0.2, -0.15) is 11.8 Å². The van der Waals surface area contributed by atoms with Crippen LogP contribution in [0.5, 0.6) is 0 Å². The number of thioether (sulfide) groups is 1. The number of nitrogens with one attached hydrogen (secondary N) is 1. The fraction of sp³-hybridized carbons (Fsp3) is 0.833. The van der Waals surface area contributed by atoms with Gasteiger partial charge in [-0.25, -0.2) is 4.79 Å². The van der Waals surface area contributed by atoms with Crippen molar-refractivity contribution in [3.63, 3.8) is 0 Å². The lowest BCUT2D eigenvalue weighted by molar-refractivity contribution is -0.141. The Hall–Kier alpha value is -0.710. The van der Waals surface area contributed by atoms with Crippen LogP contribution in [-0.2, 0) is 9.59 Å². The normalized spacial score (nSPS) is 12.5. The van der Waals surface area contributed by atoms with Crippen LogP contribution in [0.3, 0.4) is 0 Å². The van der Waals surface area contributed by atoms with Gasteiger partial charge in [-0.3, -0.25) is 4.79 Å². The molecule has 1 unspecified atom stereocenters. The van der Waals surface area contributed by atoms with E-state index in [2.05, 4.69) is 19.2 Å². The van der Waals surface area contributed by atoms with Crippen molar-refractivity contribution in [2.24, 2.45) is 5.92 Å². The second-order valence-electron chi connectivity index (χ2n) is 4.53. The predicted molar refractivity (Wildman–Crippen MR) is 71.3 cm³/mol. The summed E-state index contributed by atoms with van der Waals surface area (Å²) in [6, 6.07) is -0.745. The van der Waals surface area contributed by atoms with E-state index in [0.717, 1.165) is 17.4 Å². The van der Waals surface area contributed by atoms with Gasteiger partial charge < -0.3 is 10.4 Å². The maximum Gasteiger partial charge on any atom is 0.326 e. The summed E-state index contributed by atoms with van der Waals surface area (Å²) < 4.78 is 0. The molecule has 0 aromatic heterocycles. The molecule has 0 aliphatic rings. The van der Waals surface area contributed by atoms with E-state index in [1.807, 2.05) is 0 Å². The lowest BCUT2D eigenvalue weighted by Gasteiger charge is -2.12. The van der Waals surface area contributed by atoms with Crippen molar-refractivity contribution in [2.75, 3.05) is 11.5 Å². The summed E-state index contributed by atoms with van der Waals surface area (Å²) in [6.45, 7) is 5.73. The number of rotatable bonds is 9. The molecule has 0 rings (SSSR count). The number of hydrogen-bond acceptors (Lipinski definition) is 3. The minimum absolute atomic E-state index is 0.290. The molecule has 0 radical (unpaired) electrons. The van der Waals surface area contributed by atoms with Crippen LogP contribution in [0.1, 0.15) is 40.0 Å². The van der Waals surface area contributed by atoms with Crippen LogP contribution in [0.25, 0.3) is 0 Å².